The lowest BCUT2D eigenvalue weighted by Crippen LogP contribution is -2.47. The van der Waals surface area contributed by atoms with E-state index in [1.54, 1.807) is 45.6 Å². The predicted octanol–water partition coefficient (Wildman–Crippen LogP) is 3.24. The molecule has 2 heterocycles. The van der Waals surface area contributed by atoms with E-state index in [4.69, 9.17) is 14.2 Å². The molecule has 2 saturated heterocycles. The van der Waals surface area contributed by atoms with Crippen molar-refractivity contribution in [3.63, 3.8) is 0 Å². The first-order chi connectivity index (χ1) is 17.0. The van der Waals surface area contributed by atoms with Crippen LogP contribution in [0.4, 0.5) is 10.5 Å². The number of imide groups is 1. The summed E-state index contributed by atoms with van der Waals surface area (Å²) in [7, 11) is 4.81. The molecule has 0 spiro atoms. The summed E-state index contributed by atoms with van der Waals surface area (Å²) in [6.45, 7) is 4.85. The third kappa shape index (κ3) is 6.03. The number of para-hydroxylation sites is 2. The van der Waals surface area contributed by atoms with Gasteiger partial charge in [-0.15, -0.1) is 12.4 Å². The molecule has 194 valence electrons. The van der Waals surface area contributed by atoms with Crippen LogP contribution in [0.25, 0.3) is 6.08 Å². The number of piperazine rings is 1. The fourth-order valence-electron chi connectivity index (χ4n) is 4.44. The van der Waals surface area contributed by atoms with Gasteiger partial charge in [0.25, 0.3) is 5.91 Å². The van der Waals surface area contributed by atoms with Gasteiger partial charge in [0.1, 0.15) is 11.4 Å². The molecule has 9 nitrogen and oxygen atoms in total. The van der Waals surface area contributed by atoms with Gasteiger partial charge in [0.15, 0.2) is 11.5 Å². The van der Waals surface area contributed by atoms with Crippen molar-refractivity contribution in [3.8, 4) is 17.2 Å². The Morgan fingerprint density at radius 2 is 1.56 bits per heavy atom. The molecule has 2 aliphatic rings. The fraction of sp³-hybridized carbons (Fsp3) is 0.385. The minimum atomic E-state index is -0.386. The second kappa shape index (κ2) is 12.5. The zero-order valence-corrected chi connectivity index (χ0v) is 21.7. The molecule has 3 amide bonds. The number of hydrogen-bond donors (Lipinski definition) is 1. The number of carbonyl (C=O) groups excluding carboxylic acids is 2. The number of amides is 3. The Labute approximate surface area is 218 Å². The third-order valence-electron chi connectivity index (χ3n) is 6.34. The Morgan fingerprint density at radius 3 is 2.25 bits per heavy atom. The molecule has 10 heteroatoms. The number of benzene rings is 2. The maximum absolute atomic E-state index is 12.8. The van der Waals surface area contributed by atoms with Crippen molar-refractivity contribution in [3.05, 3.63) is 53.7 Å². The van der Waals surface area contributed by atoms with E-state index in [9.17, 15) is 9.59 Å². The molecule has 2 aliphatic heterocycles. The van der Waals surface area contributed by atoms with Crippen LogP contribution in [0.1, 0.15) is 12.0 Å². The highest BCUT2D eigenvalue weighted by atomic mass is 35.5. The van der Waals surface area contributed by atoms with Gasteiger partial charge in [0, 0.05) is 32.7 Å². The molecular weight excluding hydrogens is 484 g/mol. The minimum Gasteiger partial charge on any atom is -0.495 e. The summed E-state index contributed by atoms with van der Waals surface area (Å²) in [6, 6.07) is 13.0. The standard InChI is InChI=1S/C26H32N4O5.ClH/c1-33-22-8-5-4-7-21(22)29-15-13-28(14-16-29)11-6-12-30-25(31)20(27-26(30)32)17-19-9-10-23(34-2)24(18-19)35-3;/h4-5,7-10,17-18H,6,11-16H2,1-3H3,(H,27,32);1H/b20-17-;. The Bertz CT molecular complexity index is 1100. The Hall–Kier alpha value is -3.43. The number of halogens is 1. The van der Waals surface area contributed by atoms with Crippen molar-refractivity contribution in [2.75, 3.05) is 65.5 Å². The minimum absolute atomic E-state index is 0. The molecule has 0 aromatic heterocycles. The van der Waals surface area contributed by atoms with E-state index in [1.807, 2.05) is 18.2 Å². The normalized spacial score (nSPS) is 17.1. The summed E-state index contributed by atoms with van der Waals surface area (Å²) >= 11 is 0. The molecule has 0 bridgehead atoms. The van der Waals surface area contributed by atoms with Crippen LogP contribution in [0, 0.1) is 0 Å². The van der Waals surface area contributed by atoms with E-state index in [0.29, 0.717) is 18.0 Å². The largest absolute Gasteiger partial charge is 0.495 e. The monoisotopic (exact) mass is 516 g/mol. The van der Waals surface area contributed by atoms with Gasteiger partial charge < -0.3 is 24.4 Å². The average molecular weight is 517 g/mol. The van der Waals surface area contributed by atoms with Crippen molar-refractivity contribution in [1.29, 1.82) is 0 Å². The second-order valence-corrected chi connectivity index (χ2v) is 8.41. The van der Waals surface area contributed by atoms with Crippen molar-refractivity contribution in [2.24, 2.45) is 0 Å². The summed E-state index contributed by atoms with van der Waals surface area (Å²) in [5.41, 5.74) is 2.11. The van der Waals surface area contributed by atoms with Crippen LogP contribution in [0.15, 0.2) is 48.2 Å². The second-order valence-electron chi connectivity index (χ2n) is 8.41. The molecule has 2 aromatic carbocycles. The van der Waals surface area contributed by atoms with Crippen LogP contribution < -0.4 is 24.4 Å². The molecule has 4 rings (SSSR count). The first kappa shape index (κ1) is 27.2. The average Bonchev–Trinajstić information content (AvgIpc) is 3.16. The zero-order chi connectivity index (χ0) is 24.8. The van der Waals surface area contributed by atoms with Gasteiger partial charge in [-0.2, -0.15) is 0 Å². The smallest absolute Gasteiger partial charge is 0.329 e. The van der Waals surface area contributed by atoms with E-state index in [-0.39, 0.29) is 30.0 Å². The predicted molar refractivity (Wildman–Crippen MR) is 141 cm³/mol. The lowest BCUT2D eigenvalue weighted by atomic mass is 10.1. The van der Waals surface area contributed by atoms with Gasteiger partial charge in [-0.1, -0.05) is 18.2 Å². The Balaban J connectivity index is 0.00000361. The van der Waals surface area contributed by atoms with Gasteiger partial charge in [-0.25, -0.2) is 4.79 Å². The summed E-state index contributed by atoms with van der Waals surface area (Å²) in [4.78, 5) is 31.2. The van der Waals surface area contributed by atoms with Crippen LogP contribution in [0.2, 0.25) is 0 Å². The number of carbonyl (C=O) groups is 2. The van der Waals surface area contributed by atoms with E-state index < -0.39 is 0 Å². The van der Waals surface area contributed by atoms with Crippen molar-refractivity contribution < 1.29 is 23.8 Å². The third-order valence-corrected chi connectivity index (χ3v) is 6.34. The lowest BCUT2D eigenvalue weighted by molar-refractivity contribution is -0.122. The van der Waals surface area contributed by atoms with E-state index in [1.165, 1.54) is 4.90 Å². The number of anilines is 1. The number of urea groups is 1. The van der Waals surface area contributed by atoms with Gasteiger partial charge in [-0.05, 0) is 48.9 Å². The number of hydrogen-bond acceptors (Lipinski definition) is 7. The topological polar surface area (TPSA) is 83.6 Å². The molecule has 2 fully saturated rings. The van der Waals surface area contributed by atoms with Crippen LogP contribution in [0.3, 0.4) is 0 Å². The summed E-state index contributed by atoms with van der Waals surface area (Å²) < 4.78 is 16.0. The lowest BCUT2D eigenvalue weighted by Gasteiger charge is -2.36. The Morgan fingerprint density at radius 1 is 0.861 bits per heavy atom. The number of methoxy groups -OCH3 is 3. The zero-order valence-electron chi connectivity index (χ0n) is 20.9. The fourth-order valence-corrected chi connectivity index (χ4v) is 4.44. The summed E-state index contributed by atoms with van der Waals surface area (Å²) in [6.07, 6.45) is 2.37. The molecule has 0 aliphatic carbocycles. The number of ether oxygens (including phenoxy) is 3. The van der Waals surface area contributed by atoms with E-state index in [2.05, 4.69) is 21.2 Å². The molecule has 0 atom stereocenters. The van der Waals surface area contributed by atoms with Gasteiger partial charge in [0.05, 0.1) is 27.0 Å². The quantitative estimate of drug-likeness (QED) is 0.404. The highest BCUT2D eigenvalue weighted by Crippen LogP contribution is 2.29. The first-order valence-corrected chi connectivity index (χ1v) is 11.7. The van der Waals surface area contributed by atoms with E-state index in [0.717, 1.165) is 56.1 Å². The summed E-state index contributed by atoms with van der Waals surface area (Å²) in [5.74, 6) is 1.73. The van der Waals surface area contributed by atoms with Gasteiger partial charge in [-0.3, -0.25) is 14.6 Å². The van der Waals surface area contributed by atoms with Gasteiger partial charge >= 0.3 is 6.03 Å². The molecule has 2 aromatic rings. The highest BCUT2D eigenvalue weighted by molar-refractivity contribution is 6.14. The first-order valence-electron chi connectivity index (χ1n) is 11.7. The molecule has 0 saturated carbocycles. The molecule has 0 radical (unpaired) electrons. The molecule has 1 N–H and O–H groups in total. The molecular formula is C26H33ClN4O5. The van der Waals surface area contributed by atoms with Crippen molar-refractivity contribution in [1.82, 2.24) is 15.1 Å². The number of rotatable bonds is 9. The SMILES string of the molecule is COc1ccc(/C=C2\NC(=O)N(CCCN3CCN(c4ccccc4OC)CC3)C2=O)cc1OC.Cl. The molecule has 36 heavy (non-hydrogen) atoms. The van der Waals surface area contributed by atoms with Crippen LogP contribution in [0.5, 0.6) is 17.2 Å². The van der Waals surface area contributed by atoms with Crippen molar-refractivity contribution >= 4 is 36.1 Å². The number of nitrogens with one attached hydrogen (secondary N) is 1. The van der Waals surface area contributed by atoms with Crippen LogP contribution in [-0.2, 0) is 4.79 Å². The maximum Gasteiger partial charge on any atom is 0.329 e. The number of nitrogens with zero attached hydrogens (tertiary/aromatic N) is 3. The van der Waals surface area contributed by atoms with Crippen LogP contribution in [-0.4, -0.2) is 82.3 Å². The molecule has 0 unspecified atom stereocenters. The van der Waals surface area contributed by atoms with E-state index >= 15 is 0 Å². The van der Waals surface area contributed by atoms with Crippen LogP contribution >= 0.6 is 12.4 Å². The van der Waals surface area contributed by atoms with Crippen molar-refractivity contribution in [2.45, 2.75) is 6.42 Å². The Kier molecular flexibility index (Phi) is 9.44. The maximum atomic E-state index is 12.8. The summed E-state index contributed by atoms with van der Waals surface area (Å²) in [5, 5.41) is 2.69. The van der Waals surface area contributed by atoms with Gasteiger partial charge in [0.2, 0.25) is 0 Å². The highest BCUT2D eigenvalue weighted by Gasteiger charge is 2.33.